The van der Waals surface area contributed by atoms with Crippen LogP contribution in [0.5, 0.6) is 0 Å². The van der Waals surface area contributed by atoms with Gasteiger partial charge in [0.2, 0.25) is 11.8 Å². The quantitative estimate of drug-likeness (QED) is 0.161. The van der Waals surface area contributed by atoms with Gasteiger partial charge in [-0.15, -0.1) is 24.0 Å². The minimum atomic E-state index is -0.110. The number of hydrogen-bond acceptors (Lipinski definition) is 4. The monoisotopic (exact) mass is 543 g/mol. The zero-order chi connectivity index (χ0) is 21.3. The number of rotatable bonds is 8. The normalized spacial score (nSPS) is 30.8. The molecule has 2 saturated heterocycles. The van der Waals surface area contributed by atoms with Crippen molar-refractivity contribution in [2.45, 2.75) is 46.1 Å². The standard InChI is InChI=1S/C23H37N5O2.HI/c1-4-24-23(26-14-18(15(2)3)27-10-5-6-11-27)25-9-12-28-21(29)19-16-7-8-17(13-16)20(19)22(28)30;/h7-8,15-20H,4-6,9-14H2,1-3H3,(H2,24,25,26);1H. The highest BCUT2D eigenvalue weighted by Gasteiger charge is 2.58. The molecule has 4 aliphatic rings. The fourth-order valence-corrected chi connectivity index (χ4v) is 5.82. The van der Waals surface area contributed by atoms with Crippen molar-refractivity contribution in [3.8, 4) is 0 Å². The number of guanidine groups is 1. The minimum Gasteiger partial charge on any atom is -0.357 e. The third-order valence-electron chi connectivity index (χ3n) is 7.35. The average Bonchev–Trinajstić information content (AvgIpc) is 3.49. The summed E-state index contributed by atoms with van der Waals surface area (Å²) in [6.45, 7) is 11.4. The molecule has 0 aromatic heterocycles. The molecule has 3 fully saturated rings. The lowest BCUT2D eigenvalue weighted by molar-refractivity contribution is -0.140. The number of hydrogen-bond donors (Lipinski definition) is 2. The Hall–Kier alpha value is -1.16. The Labute approximate surface area is 203 Å². The fourth-order valence-electron chi connectivity index (χ4n) is 5.82. The van der Waals surface area contributed by atoms with Gasteiger partial charge in [0.15, 0.2) is 5.96 Å². The van der Waals surface area contributed by atoms with Crippen LogP contribution in [0.15, 0.2) is 17.1 Å². The summed E-state index contributed by atoms with van der Waals surface area (Å²) in [4.78, 5) is 34.5. The molecule has 0 aromatic rings. The maximum absolute atomic E-state index is 12.8. The lowest BCUT2D eigenvalue weighted by Crippen LogP contribution is -2.45. The van der Waals surface area contributed by atoms with E-state index in [1.54, 1.807) is 0 Å². The molecular formula is C23H38IN5O2. The summed E-state index contributed by atoms with van der Waals surface area (Å²) in [5.74, 6) is 1.70. The molecule has 0 radical (unpaired) electrons. The molecule has 8 heteroatoms. The SMILES string of the molecule is CCNC(=NCC(C(C)C)N1CCCC1)NCCN1C(=O)C2C3C=CC(C3)C2C1=O.I. The van der Waals surface area contributed by atoms with Gasteiger partial charge < -0.3 is 10.6 Å². The Kier molecular flexibility index (Phi) is 8.40. The average molecular weight is 543 g/mol. The van der Waals surface area contributed by atoms with Crippen molar-refractivity contribution in [2.75, 3.05) is 39.3 Å². The zero-order valence-electron chi connectivity index (χ0n) is 19.0. The van der Waals surface area contributed by atoms with Crippen molar-refractivity contribution in [2.24, 2.45) is 34.6 Å². The summed E-state index contributed by atoms with van der Waals surface area (Å²) < 4.78 is 0. The van der Waals surface area contributed by atoms with E-state index in [4.69, 9.17) is 4.99 Å². The molecule has 4 rings (SSSR count). The smallest absolute Gasteiger partial charge is 0.233 e. The van der Waals surface area contributed by atoms with Crippen LogP contribution in [0.4, 0.5) is 0 Å². The van der Waals surface area contributed by atoms with Gasteiger partial charge in [-0.3, -0.25) is 24.4 Å². The van der Waals surface area contributed by atoms with Crippen molar-refractivity contribution >= 4 is 41.8 Å². The van der Waals surface area contributed by atoms with Crippen molar-refractivity contribution in [3.05, 3.63) is 12.2 Å². The number of imide groups is 1. The third-order valence-corrected chi connectivity index (χ3v) is 7.35. The second-order valence-corrected chi connectivity index (χ2v) is 9.53. The molecule has 1 saturated carbocycles. The molecule has 2 N–H and O–H groups in total. The van der Waals surface area contributed by atoms with Gasteiger partial charge in [0.05, 0.1) is 18.4 Å². The summed E-state index contributed by atoms with van der Waals surface area (Å²) in [7, 11) is 0. The van der Waals surface area contributed by atoms with Gasteiger partial charge in [-0.2, -0.15) is 0 Å². The Morgan fingerprint density at radius 1 is 1.10 bits per heavy atom. The molecule has 2 amide bonds. The Morgan fingerprint density at radius 2 is 1.71 bits per heavy atom. The van der Waals surface area contributed by atoms with E-state index < -0.39 is 0 Å². The number of nitrogens with one attached hydrogen (secondary N) is 2. The number of aliphatic imine (C=N–C) groups is 1. The summed E-state index contributed by atoms with van der Waals surface area (Å²) >= 11 is 0. The van der Waals surface area contributed by atoms with Crippen LogP contribution >= 0.6 is 24.0 Å². The topological polar surface area (TPSA) is 77.0 Å². The van der Waals surface area contributed by atoms with Gasteiger partial charge in [0, 0.05) is 25.7 Å². The molecular weight excluding hydrogens is 505 g/mol. The molecule has 5 atom stereocenters. The van der Waals surface area contributed by atoms with Gasteiger partial charge in [-0.1, -0.05) is 26.0 Å². The van der Waals surface area contributed by atoms with Crippen LogP contribution in [0, 0.1) is 29.6 Å². The molecule has 2 aliphatic heterocycles. The predicted octanol–water partition coefficient (Wildman–Crippen LogP) is 2.09. The van der Waals surface area contributed by atoms with E-state index in [0.717, 1.165) is 25.5 Å². The van der Waals surface area contributed by atoms with Crippen LogP contribution < -0.4 is 10.6 Å². The number of fused-ring (bicyclic) bond motifs is 5. The number of halogens is 1. The molecule has 2 bridgehead atoms. The highest BCUT2D eigenvalue weighted by Crippen LogP contribution is 2.52. The molecule has 5 unspecified atom stereocenters. The van der Waals surface area contributed by atoms with E-state index in [9.17, 15) is 9.59 Å². The van der Waals surface area contributed by atoms with Crippen molar-refractivity contribution in [1.82, 2.24) is 20.4 Å². The number of amides is 2. The molecule has 0 aromatic carbocycles. The number of nitrogens with zero attached hydrogens (tertiary/aromatic N) is 3. The third kappa shape index (κ3) is 4.94. The molecule has 174 valence electrons. The Morgan fingerprint density at radius 3 is 2.26 bits per heavy atom. The summed E-state index contributed by atoms with van der Waals surface area (Å²) in [5, 5.41) is 6.64. The molecule has 2 aliphatic carbocycles. The second kappa shape index (κ2) is 10.6. The van der Waals surface area contributed by atoms with Gasteiger partial charge in [-0.25, -0.2) is 0 Å². The van der Waals surface area contributed by atoms with Gasteiger partial charge in [-0.05, 0) is 57.0 Å². The maximum atomic E-state index is 12.8. The molecule has 7 nitrogen and oxygen atoms in total. The number of likely N-dealkylation sites (tertiary alicyclic amines) is 2. The highest BCUT2D eigenvalue weighted by atomic mass is 127. The molecule has 0 spiro atoms. The van der Waals surface area contributed by atoms with E-state index in [2.05, 4.69) is 48.5 Å². The maximum Gasteiger partial charge on any atom is 0.233 e. The lowest BCUT2D eigenvalue weighted by Gasteiger charge is -2.29. The zero-order valence-corrected chi connectivity index (χ0v) is 21.4. The van der Waals surface area contributed by atoms with Crippen LogP contribution in [0.2, 0.25) is 0 Å². The first-order chi connectivity index (χ1) is 14.5. The van der Waals surface area contributed by atoms with Gasteiger partial charge >= 0.3 is 0 Å². The van der Waals surface area contributed by atoms with Crippen LogP contribution in [-0.2, 0) is 9.59 Å². The number of carbonyl (C=O) groups is 2. The Bertz CT molecular complexity index is 689. The second-order valence-electron chi connectivity index (χ2n) is 9.53. The summed E-state index contributed by atoms with van der Waals surface area (Å²) in [6.07, 6.45) is 7.81. The van der Waals surface area contributed by atoms with Crippen LogP contribution in [0.3, 0.4) is 0 Å². The van der Waals surface area contributed by atoms with Crippen LogP contribution in [0.1, 0.15) is 40.0 Å². The predicted molar refractivity (Wildman–Crippen MR) is 133 cm³/mol. The lowest BCUT2D eigenvalue weighted by atomic mass is 9.85. The van der Waals surface area contributed by atoms with E-state index >= 15 is 0 Å². The van der Waals surface area contributed by atoms with E-state index in [1.807, 2.05) is 0 Å². The van der Waals surface area contributed by atoms with E-state index in [1.165, 1.54) is 30.8 Å². The fraction of sp³-hybridized carbons (Fsp3) is 0.783. The minimum absolute atomic E-state index is 0. The summed E-state index contributed by atoms with van der Waals surface area (Å²) in [5.41, 5.74) is 0. The molecule has 2 heterocycles. The first kappa shape index (κ1) is 24.5. The molecule has 31 heavy (non-hydrogen) atoms. The summed E-state index contributed by atoms with van der Waals surface area (Å²) in [6, 6.07) is 0.451. The highest BCUT2D eigenvalue weighted by molar-refractivity contribution is 14.0. The van der Waals surface area contributed by atoms with E-state index in [0.29, 0.717) is 25.0 Å². The largest absolute Gasteiger partial charge is 0.357 e. The van der Waals surface area contributed by atoms with Crippen molar-refractivity contribution in [3.63, 3.8) is 0 Å². The number of allylic oxidation sites excluding steroid dienone is 2. The van der Waals surface area contributed by atoms with E-state index in [-0.39, 0.29) is 59.5 Å². The van der Waals surface area contributed by atoms with Crippen molar-refractivity contribution in [1.29, 1.82) is 0 Å². The van der Waals surface area contributed by atoms with Crippen LogP contribution in [-0.4, -0.2) is 72.9 Å². The van der Waals surface area contributed by atoms with Crippen LogP contribution in [0.25, 0.3) is 0 Å². The Balaban J connectivity index is 0.00000272. The first-order valence-corrected chi connectivity index (χ1v) is 11.8. The van der Waals surface area contributed by atoms with Gasteiger partial charge in [0.25, 0.3) is 0 Å². The van der Waals surface area contributed by atoms with Crippen molar-refractivity contribution < 1.29 is 9.59 Å². The first-order valence-electron chi connectivity index (χ1n) is 11.8. The number of carbonyl (C=O) groups excluding carboxylic acids is 2. The van der Waals surface area contributed by atoms with Gasteiger partial charge in [0.1, 0.15) is 0 Å².